The first-order valence-electron chi connectivity index (χ1n) is 11.1. The quantitative estimate of drug-likeness (QED) is 0.211. The van der Waals surface area contributed by atoms with E-state index in [0.29, 0.717) is 26.4 Å². The molecule has 202 valence electrons. The first kappa shape index (κ1) is 28.8. The highest BCUT2D eigenvalue weighted by Crippen LogP contribution is 2.39. The van der Waals surface area contributed by atoms with Crippen LogP contribution in [0.1, 0.15) is 17.2 Å². The number of amides is 1. The monoisotopic (exact) mass is 596 g/mol. The lowest BCUT2D eigenvalue weighted by Crippen LogP contribution is -2.49. The van der Waals surface area contributed by atoms with Crippen molar-refractivity contribution >= 4 is 27.5 Å². The molecule has 0 N–H and O–H groups in total. The molecule has 0 saturated heterocycles. The van der Waals surface area contributed by atoms with Crippen LogP contribution in [0.25, 0.3) is 0 Å². The number of rotatable bonds is 10. The van der Waals surface area contributed by atoms with Crippen molar-refractivity contribution in [1.29, 1.82) is 0 Å². The number of ether oxygens (including phenoxy) is 3. The van der Waals surface area contributed by atoms with Gasteiger partial charge in [-0.2, -0.15) is 13.2 Å². The van der Waals surface area contributed by atoms with Crippen LogP contribution in [0.3, 0.4) is 0 Å². The molecule has 0 spiro atoms. The smallest absolute Gasteiger partial charge is 0.471 e. The molecule has 0 aliphatic heterocycles. The maximum atomic E-state index is 13.9. The number of alkyl halides is 3. The topological polar surface area (TPSA) is 91.1 Å². The Hall–Kier alpha value is -3.80. The lowest BCUT2D eigenvalue weighted by atomic mass is 9.92. The summed E-state index contributed by atoms with van der Waals surface area (Å²) in [5, 5.41) is 12.5. The van der Waals surface area contributed by atoms with Crippen LogP contribution in [0.15, 0.2) is 71.2 Å². The molecule has 3 rings (SSSR count). The summed E-state index contributed by atoms with van der Waals surface area (Å²) in [6, 6.07) is 12.6. The number of methoxy groups -OCH3 is 3. The van der Waals surface area contributed by atoms with E-state index in [0.717, 1.165) is 0 Å². The Morgan fingerprint density at radius 3 is 2.05 bits per heavy atom. The van der Waals surface area contributed by atoms with Gasteiger partial charge in [-0.1, -0.05) is 46.3 Å². The molecule has 0 unspecified atom stereocenters. The van der Waals surface area contributed by atoms with E-state index in [1.165, 1.54) is 75.9 Å². The lowest BCUT2D eigenvalue weighted by molar-refractivity contribution is -0.526. The summed E-state index contributed by atoms with van der Waals surface area (Å²) < 4.78 is 57.8. The SMILES string of the molecule is COc1ccc(N(C(=O)C(F)(F)F)[C@H](c2ccccc2)[C@H](Cc2cc(OC)c(OC)cc2Br)[N+](=O)[O-])cc1. The minimum absolute atomic E-state index is 0.152. The van der Waals surface area contributed by atoms with Crippen LogP contribution in [0.5, 0.6) is 17.2 Å². The van der Waals surface area contributed by atoms with Gasteiger partial charge in [0, 0.05) is 21.5 Å². The molecule has 3 aromatic rings. The molecule has 0 aliphatic carbocycles. The van der Waals surface area contributed by atoms with Gasteiger partial charge in [0.05, 0.1) is 21.3 Å². The molecule has 38 heavy (non-hydrogen) atoms. The second-order valence-electron chi connectivity index (χ2n) is 8.08. The third-order valence-corrected chi connectivity index (χ3v) is 6.59. The first-order chi connectivity index (χ1) is 18.0. The second kappa shape index (κ2) is 12.2. The van der Waals surface area contributed by atoms with Gasteiger partial charge in [0.2, 0.25) is 6.04 Å². The number of halogens is 4. The van der Waals surface area contributed by atoms with Crippen molar-refractivity contribution in [2.24, 2.45) is 0 Å². The van der Waals surface area contributed by atoms with E-state index in [1.807, 2.05) is 0 Å². The summed E-state index contributed by atoms with van der Waals surface area (Å²) in [4.78, 5) is 25.1. The fraction of sp³-hybridized carbons (Fsp3) is 0.269. The summed E-state index contributed by atoms with van der Waals surface area (Å²) in [5.41, 5.74) is 0.346. The average Bonchev–Trinajstić information content (AvgIpc) is 2.90. The molecule has 0 radical (unpaired) electrons. The Kier molecular flexibility index (Phi) is 9.21. The van der Waals surface area contributed by atoms with E-state index in [9.17, 15) is 28.1 Å². The molecule has 2 atom stereocenters. The fourth-order valence-electron chi connectivity index (χ4n) is 4.06. The molecule has 1 amide bonds. The molecule has 0 saturated carbocycles. The average molecular weight is 597 g/mol. The van der Waals surface area contributed by atoms with Gasteiger partial charge in [-0.25, -0.2) is 0 Å². The van der Waals surface area contributed by atoms with E-state index in [2.05, 4.69) is 15.9 Å². The standard InChI is InChI=1S/C26H24BrF3N2O6/c1-36-19-11-9-18(10-12-19)31(25(33)26(28,29)30)24(16-7-5-4-6-8-16)21(32(34)35)13-17-14-22(37-2)23(38-3)15-20(17)27/h4-12,14-15,21,24H,13H2,1-3H3/t21-,24+/m0/s1. The largest absolute Gasteiger partial charge is 0.497 e. The van der Waals surface area contributed by atoms with Gasteiger partial charge >= 0.3 is 12.1 Å². The van der Waals surface area contributed by atoms with Crippen molar-refractivity contribution in [3.05, 3.63) is 92.4 Å². The van der Waals surface area contributed by atoms with Gasteiger partial charge < -0.3 is 14.2 Å². The zero-order chi connectivity index (χ0) is 28.0. The maximum Gasteiger partial charge on any atom is 0.471 e. The number of nitro groups is 1. The third kappa shape index (κ3) is 6.36. The fourth-order valence-corrected chi connectivity index (χ4v) is 4.54. The zero-order valence-corrected chi connectivity index (χ0v) is 22.2. The highest BCUT2D eigenvalue weighted by Gasteiger charge is 2.50. The number of nitrogens with zero attached hydrogens (tertiary/aromatic N) is 2. The number of carbonyl (C=O) groups is 1. The Balaban J connectivity index is 2.24. The minimum atomic E-state index is -5.31. The number of carbonyl (C=O) groups excluding carboxylic acids is 1. The Morgan fingerprint density at radius 2 is 1.55 bits per heavy atom. The number of benzene rings is 3. The molecule has 3 aromatic carbocycles. The summed E-state index contributed by atoms with van der Waals surface area (Å²) >= 11 is 3.36. The summed E-state index contributed by atoms with van der Waals surface area (Å²) in [6.07, 6.45) is -5.65. The molecule has 0 bridgehead atoms. The second-order valence-corrected chi connectivity index (χ2v) is 8.94. The first-order valence-corrected chi connectivity index (χ1v) is 11.9. The van der Waals surface area contributed by atoms with Crippen LogP contribution in [0, 0.1) is 10.1 Å². The van der Waals surface area contributed by atoms with E-state index in [-0.39, 0.29) is 23.4 Å². The van der Waals surface area contributed by atoms with Crippen LogP contribution >= 0.6 is 15.9 Å². The van der Waals surface area contributed by atoms with Crippen LogP contribution in [-0.4, -0.2) is 44.4 Å². The number of hydrogen-bond acceptors (Lipinski definition) is 6. The van der Waals surface area contributed by atoms with Gasteiger partial charge in [0.25, 0.3) is 0 Å². The highest BCUT2D eigenvalue weighted by atomic mass is 79.9. The van der Waals surface area contributed by atoms with Crippen LogP contribution in [0.2, 0.25) is 0 Å². The van der Waals surface area contributed by atoms with Gasteiger partial charge in [0.1, 0.15) is 11.8 Å². The molecular formula is C26H24BrF3N2O6. The van der Waals surface area contributed by atoms with Crippen molar-refractivity contribution < 1.29 is 37.1 Å². The molecular weight excluding hydrogens is 573 g/mol. The Bertz CT molecular complexity index is 1270. The van der Waals surface area contributed by atoms with Gasteiger partial charge in [-0.15, -0.1) is 0 Å². The Labute approximate surface area is 225 Å². The molecule has 0 fully saturated rings. The predicted octanol–water partition coefficient (Wildman–Crippen LogP) is 6.00. The van der Waals surface area contributed by atoms with Crippen molar-refractivity contribution in [3.63, 3.8) is 0 Å². The molecule has 12 heteroatoms. The summed E-state index contributed by atoms with van der Waals surface area (Å²) in [5.74, 6) is -1.27. The van der Waals surface area contributed by atoms with Crippen LogP contribution in [-0.2, 0) is 11.2 Å². The predicted molar refractivity (Wildman–Crippen MR) is 137 cm³/mol. The van der Waals surface area contributed by atoms with Gasteiger partial charge in [0.15, 0.2) is 11.5 Å². The Morgan fingerprint density at radius 1 is 0.974 bits per heavy atom. The van der Waals surface area contributed by atoms with Crippen LogP contribution in [0.4, 0.5) is 18.9 Å². The number of hydrogen-bond donors (Lipinski definition) is 0. The van der Waals surface area contributed by atoms with E-state index >= 15 is 0 Å². The number of anilines is 1. The third-order valence-electron chi connectivity index (χ3n) is 5.85. The van der Waals surface area contributed by atoms with Crippen molar-refractivity contribution in [1.82, 2.24) is 0 Å². The summed E-state index contributed by atoms with van der Waals surface area (Å²) in [6.45, 7) is 0. The molecule has 0 aliphatic rings. The molecule has 0 aromatic heterocycles. The van der Waals surface area contributed by atoms with E-state index in [1.54, 1.807) is 12.1 Å². The van der Waals surface area contributed by atoms with Crippen molar-refractivity contribution in [2.75, 3.05) is 26.2 Å². The maximum absolute atomic E-state index is 13.9. The van der Waals surface area contributed by atoms with E-state index in [4.69, 9.17) is 14.2 Å². The zero-order valence-electron chi connectivity index (χ0n) is 20.6. The van der Waals surface area contributed by atoms with Crippen molar-refractivity contribution in [2.45, 2.75) is 24.7 Å². The molecule has 8 nitrogen and oxygen atoms in total. The van der Waals surface area contributed by atoms with E-state index < -0.39 is 29.1 Å². The summed E-state index contributed by atoms with van der Waals surface area (Å²) in [7, 11) is 4.19. The lowest BCUT2D eigenvalue weighted by Gasteiger charge is -2.34. The van der Waals surface area contributed by atoms with Gasteiger partial charge in [-0.05, 0) is 47.5 Å². The highest BCUT2D eigenvalue weighted by molar-refractivity contribution is 9.10. The molecule has 0 heterocycles. The van der Waals surface area contributed by atoms with Gasteiger partial charge in [-0.3, -0.25) is 19.8 Å². The minimum Gasteiger partial charge on any atom is -0.497 e. The normalized spacial score (nSPS) is 12.8. The van der Waals surface area contributed by atoms with Crippen LogP contribution < -0.4 is 19.1 Å². The van der Waals surface area contributed by atoms with Crippen molar-refractivity contribution in [3.8, 4) is 17.2 Å².